The first-order chi connectivity index (χ1) is 13.6. The second kappa shape index (κ2) is 8.93. The first-order valence-corrected chi connectivity index (χ1v) is 11.1. The van der Waals surface area contributed by atoms with Gasteiger partial charge in [-0.05, 0) is 77.6 Å². The standard InChI is InChI=1S/C21H35N5O2/c1-24-13-10-16(11-14-24)22-15-17-5-2-3-12-25(17)20-8-9-21(28)26(23-20)18-6-4-7-19(18)27/h8-9,16-19,22,27H,2-7,10-15H2,1H3. The summed E-state index contributed by atoms with van der Waals surface area (Å²) in [6.07, 6.45) is 8.09. The average molecular weight is 390 g/mol. The molecule has 3 heterocycles. The van der Waals surface area contributed by atoms with E-state index in [0.29, 0.717) is 12.1 Å². The molecular formula is C21H35N5O2. The molecule has 3 atom stereocenters. The molecular weight excluding hydrogens is 354 g/mol. The molecule has 2 saturated heterocycles. The van der Waals surface area contributed by atoms with Crippen LogP contribution in [0, 0.1) is 0 Å². The summed E-state index contributed by atoms with van der Waals surface area (Å²) in [7, 11) is 2.20. The van der Waals surface area contributed by atoms with Gasteiger partial charge in [0.1, 0.15) is 5.82 Å². The van der Waals surface area contributed by atoms with Gasteiger partial charge in [-0.15, -0.1) is 0 Å². The minimum Gasteiger partial charge on any atom is -0.391 e. The van der Waals surface area contributed by atoms with Crippen molar-refractivity contribution < 1.29 is 5.11 Å². The minimum absolute atomic E-state index is 0.104. The SMILES string of the molecule is CN1CCC(NCC2CCCCN2c2ccc(=O)n(C3CCCC3O)n2)CC1. The van der Waals surface area contributed by atoms with Crippen LogP contribution < -0.4 is 15.8 Å². The van der Waals surface area contributed by atoms with Crippen molar-refractivity contribution in [3.8, 4) is 0 Å². The molecule has 0 aromatic carbocycles. The number of nitrogens with one attached hydrogen (secondary N) is 1. The fourth-order valence-electron chi connectivity index (χ4n) is 5.04. The highest BCUT2D eigenvalue weighted by Crippen LogP contribution is 2.29. The zero-order chi connectivity index (χ0) is 19.5. The van der Waals surface area contributed by atoms with Crippen LogP contribution in [0.15, 0.2) is 16.9 Å². The lowest BCUT2D eigenvalue weighted by atomic mass is 10.00. The quantitative estimate of drug-likeness (QED) is 0.793. The molecule has 0 amide bonds. The predicted molar refractivity (Wildman–Crippen MR) is 111 cm³/mol. The molecule has 2 N–H and O–H groups in total. The fraction of sp³-hybridized carbons (Fsp3) is 0.810. The van der Waals surface area contributed by atoms with E-state index in [1.807, 2.05) is 6.07 Å². The monoisotopic (exact) mass is 389 g/mol. The minimum atomic E-state index is -0.455. The molecule has 7 heteroatoms. The Kier molecular flexibility index (Phi) is 6.33. The molecule has 28 heavy (non-hydrogen) atoms. The zero-order valence-electron chi connectivity index (χ0n) is 17.1. The maximum atomic E-state index is 12.4. The van der Waals surface area contributed by atoms with Crippen LogP contribution in [0.1, 0.15) is 57.4 Å². The van der Waals surface area contributed by atoms with Crippen molar-refractivity contribution in [2.45, 2.75) is 75.6 Å². The third-order valence-electron chi connectivity index (χ3n) is 6.85. The Bertz CT molecular complexity index is 700. The number of hydrogen-bond donors (Lipinski definition) is 2. The van der Waals surface area contributed by atoms with Gasteiger partial charge in [-0.3, -0.25) is 4.79 Å². The Hall–Kier alpha value is -1.44. The maximum absolute atomic E-state index is 12.4. The first-order valence-electron chi connectivity index (χ1n) is 11.1. The number of aliphatic hydroxyl groups excluding tert-OH is 1. The highest BCUT2D eigenvalue weighted by Gasteiger charge is 2.30. The topological polar surface area (TPSA) is 73.6 Å². The van der Waals surface area contributed by atoms with Gasteiger partial charge in [0.25, 0.3) is 5.56 Å². The van der Waals surface area contributed by atoms with E-state index in [-0.39, 0.29) is 11.6 Å². The lowest BCUT2D eigenvalue weighted by Gasteiger charge is -2.38. The van der Waals surface area contributed by atoms with Gasteiger partial charge in [-0.25, -0.2) is 4.68 Å². The Morgan fingerprint density at radius 2 is 1.89 bits per heavy atom. The molecule has 7 nitrogen and oxygen atoms in total. The van der Waals surface area contributed by atoms with Crippen LogP contribution in [0.3, 0.4) is 0 Å². The summed E-state index contributed by atoms with van der Waals surface area (Å²) in [4.78, 5) is 17.2. The van der Waals surface area contributed by atoms with E-state index in [1.54, 1.807) is 10.7 Å². The van der Waals surface area contributed by atoms with Crippen LogP contribution in [0.5, 0.6) is 0 Å². The van der Waals surface area contributed by atoms with Crippen LogP contribution >= 0.6 is 0 Å². The Labute approximate surface area is 167 Å². The van der Waals surface area contributed by atoms with Crippen molar-refractivity contribution in [2.75, 3.05) is 38.1 Å². The Morgan fingerprint density at radius 1 is 1.07 bits per heavy atom. The molecule has 1 saturated carbocycles. The van der Waals surface area contributed by atoms with Gasteiger partial charge in [-0.1, -0.05) is 0 Å². The van der Waals surface area contributed by atoms with Crippen molar-refractivity contribution >= 4 is 5.82 Å². The molecule has 0 radical (unpaired) electrons. The summed E-state index contributed by atoms with van der Waals surface area (Å²) in [6, 6.07) is 4.35. The van der Waals surface area contributed by atoms with Crippen molar-refractivity contribution in [3.63, 3.8) is 0 Å². The van der Waals surface area contributed by atoms with Crippen molar-refractivity contribution in [1.29, 1.82) is 0 Å². The molecule has 1 aromatic heterocycles. The second-order valence-electron chi connectivity index (χ2n) is 8.87. The van der Waals surface area contributed by atoms with Crippen molar-refractivity contribution in [3.05, 3.63) is 22.5 Å². The van der Waals surface area contributed by atoms with Gasteiger partial charge < -0.3 is 20.2 Å². The molecule has 1 aliphatic carbocycles. The third-order valence-corrected chi connectivity index (χ3v) is 6.85. The number of hydrogen-bond acceptors (Lipinski definition) is 6. The Balaban J connectivity index is 1.46. The van der Waals surface area contributed by atoms with Gasteiger partial charge in [0.2, 0.25) is 0 Å². The fourth-order valence-corrected chi connectivity index (χ4v) is 5.04. The van der Waals surface area contributed by atoms with Gasteiger partial charge in [0.15, 0.2) is 0 Å². The molecule has 2 aliphatic heterocycles. The second-order valence-corrected chi connectivity index (χ2v) is 8.87. The van der Waals surface area contributed by atoms with Crippen LogP contribution in [-0.4, -0.2) is 71.2 Å². The molecule has 3 unspecified atom stereocenters. The number of aliphatic hydroxyl groups is 1. The van der Waals surface area contributed by atoms with Gasteiger partial charge in [0, 0.05) is 31.2 Å². The van der Waals surface area contributed by atoms with Crippen LogP contribution in [0.2, 0.25) is 0 Å². The highest BCUT2D eigenvalue weighted by atomic mass is 16.3. The number of likely N-dealkylation sites (tertiary alicyclic amines) is 1. The molecule has 0 spiro atoms. The number of aromatic nitrogens is 2. The van der Waals surface area contributed by atoms with Crippen LogP contribution in [0.4, 0.5) is 5.82 Å². The van der Waals surface area contributed by atoms with Gasteiger partial charge in [-0.2, -0.15) is 5.10 Å². The number of anilines is 1. The average Bonchev–Trinajstić information content (AvgIpc) is 3.14. The van der Waals surface area contributed by atoms with Crippen molar-refractivity contribution in [2.24, 2.45) is 0 Å². The Morgan fingerprint density at radius 3 is 2.64 bits per heavy atom. The summed E-state index contributed by atoms with van der Waals surface area (Å²) in [6.45, 7) is 4.30. The number of nitrogens with zero attached hydrogens (tertiary/aromatic N) is 4. The highest BCUT2D eigenvalue weighted by molar-refractivity contribution is 5.39. The molecule has 0 bridgehead atoms. The molecule has 3 aliphatic rings. The van der Waals surface area contributed by atoms with E-state index in [2.05, 4.69) is 22.2 Å². The lowest BCUT2D eigenvalue weighted by Crippen LogP contribution is -2.50. The van der Waals surface area contributed by atoms with Gasteiger partial charge >= 0.3 is 0 Å². The summed E-state index contributed by atoms with van der Waals surface area (Å²) in [5.41, 5.74) is -0.104. The zero-order valence-corrected chi connectivity index (χ0v) is 17.1. The number of piperidine rings is 2. The van der Waals surface area contributed by atoms with Gasteiger partial charge in [0.05, 0.1) is 12.1 Å². The molecule has 3 fully saturated rings. The molecule has 1 aromatic rings. The van der Waals surface area contributed by atoms with E-state index < -0.39 is 6.10 Å². The third kappa shape index (κ3) is 4.42. The smallest absolute Gasteiger partial charge is 0.267 e. The lowest BCUT2D eigenvalue weighted by molar-refractivity contribution is 0.127. The van der Waals surface area contributed by atoms with E-state index in [1.165, 1.54) is 32.4 Å². The maximum Gasteiger partial charge on any atom is 0.267 e. The normalized spacial score (nSPS) is 30.1. The summed E-state index contributed by atoms with van der Waals surface area (Å²) >= 11 is 0. The summed E-state index contributed by atoms with van der Waals surface area (Å²) < 4.78 is 1.54. The summed E-state index contributed by atoms with van der Waals surface area (Å²) in [5, 5.41) is 18.8. The van der Waals surface area contributed by atoms with Crippen LogP contribution in [0.25, 0.3) is 0 Å². The van der Waals surface area contributed by atoms with E-state index in [0.717, 1.165) is 51.0 Å². The molecule has 4 rings (SSSR count). The summed E-state index contributed by atoms with van der Waals surface area (Å²) in [5.74, 6) is 0.883. The van der Waals surface area contributed by atoms with Crippen LogP contribution in [-0.2, 0) is 0 Å². The van der Waals surface area contributed by atoms with E-state index in [9.17, 15) is 9.90 Å². The molecule has 156 valence electrons. The number of rotatable bonds is 5. The first kappa shape index (κ1) is 19.9. The largest absolute Gasteiger partial charge is 0.391 e. The van der Waals surface area contributed by atoms with E-state index in [4.69, 9.17) is 5.10 Å². The predicted octanol–water partition coefficient (Wildman–Crippen LogP) is 1.37. The van der Waals surface area contributed by atoms with Crippen molar-refractivity contribution in [1.82, 2.24) is 20.0 Å². The van der Waals surface area contributed by atoms with E-state index >= 15 is 0 Å².